The van der Waals surface area contributed by atoms with E-state index in [1.807, 2.05) is 79.9 Å². The zero-order valence-electron chi connectivity index (χ0n) is 23.3. The summed E-state index contributed by atoms with van der Waals surface area (Å²) in [5.74, 6) is 0. The summed E-state index contributed by atoms with van der Waals surface area (Å²) in [5.41, 5.74) is 2.77. The fraction of sp³-hybridized carbons (Fsp3) is 0.333. The first kappa shape index (κ1) is 28.2. The Morgan fingerprint density at radius 1 is 1.00 bits per heavy atom. The molecule has 0 saturated carbocycles. The maximum Gasteiger partial charge on any atom is 0.410 e. The average molecular weight is 576 g/mol. The lowest BCUT2D eigenvalue weighted by atomic mass is 9.97. The Labute approximate surface area is 242 Å². The third-order valence-corrected chi connectivity index (χ3v) is 7.25. The molecule has 2 amide bonds. The van der Waals surface area contributed by atoms with Crippen molar-refractivity contribution in [1.82, 2.24) is 24.3 Å². The summed E-state index contributed by atoms with van der Waals surface area (Å²) in [6.45, 7) is 6.76. The van der Waals surface area contributed by atoms with Crippen LogP contribution in [0.3, 0.4) is 0 Å². The summed E-state index contributed by atoms with van der Waals surface area (Å²) in [7, 11) is 0. The first-order chi connectivity index (χ1) is 19.6. The summed E-state index contributed by atoms with van der Waals surface area (Å²) < 4.78 is 13.5. The van der Waals surface area contributed by atoms with Gasteiger partial charge in [0.1, 0.15) is 17.7 Å². The van der Waals surface area contributed by atoms with E-state index in [2.05, 4.69) is 9.97 Å². The van der Waals surface area contributed by atoms with Crippen LogP contribution in [0.1, 0.15) is 43.5 Å². The highest BCUT2D eigenvalue weighted by atomic mass is 32.1. The molecule has 1 saturated heterocycles. The van der Waals surface area contributed by atoms with E-state index in [4.69, 9.17) is 21.7 Å². The molecule has 0 aliphatic carbocycles. The minimum absolute atomic E-state index is 0.137. The summed E-state index contributed by atoms with van der Waals surface area (Å²) in [4.78, 5) is 47.9. The summed E-state index contributed by atoms with van der Waals surface area (Å²) in [6.07, 6.45) is 0.793. The van der Waals surface area contributed by atoms with Gasteiger partial charge in [0.05, 0.1) is 18.1 Å². The first-order valence-electron chi connectivity index (χ1n) is 13.4. The largest absolute Gasteiger partial charge is 0.445 e. The van der Waals surface area contributed by atoms with E-state index in [0.717, 1.165) is 16.7 Å². The second-order valence-electron chi connectivity index (χ2n) is 11.0. The molecule has 41 heavy (non-hydrogen) atoms. The van der Waals surface area contributed by atoms with Crippen LogP contribution in [-0.2, 0) is 22.6 Å². The third kappa shape index (κ3) is 6.35. The number of H-pyrrole nitrogens is 2. The van der Waals surface area contributed by atoms with Gasteiger partial charge in [-0.05, 0) is 55.7 Å². The smallest absolute Gasteiger partial charge is 0.410 e. The number of rotatable bonds is 5. The van der Waals surface area contributed by atoms with Gasteiger partial charge in [-0.1, -0.05) is 54.6 Å². The molecule has 1 unspecified atom stereocenters. The van der Waals surface area contributed by atoms with Crippen LogP contribution >= 0.6 is 12.2 Å². The molecule has 1 atom stereocenters. The Hall–Kier alpha value is -4.38. The van der Waals surface area contributed by atoms with Crippen LogP contribution in [0.4, 0.5) is 9.59 Å². The minimum Gasteiger partial charge on any atom is -0.445 e. The molecule has 4 aromatic rings. The van der Waals surface area contributed by atoms with Crippen molar-refractivity contribution in [2.75, 3.05) is 19.6 Å². The van der Waals surface area contributed by atoms with Crippen molar-refractivity contribution in [2.45, 2.75) is 45.6 Å². The van der Waals surface area contributed by atoms with E-state index in [-0.39, 0.29) is 30.0 Å². The molecule has 214 valence electrons. The predicted octanol–water partition coefficient (Wildman–Crippen LogP) is 5.37. The molecule has 2 aromatic carbocycles. The Morgan fingerprint density at radius 2 is 1.73 bits per heavy atom. The molecule has 2 aromatic heterocycles. The highest BCUT2D eigenvalue weighted by Gasteiger charge is 2.37. The topological polar surface area (TPSA) is 113 Å². The predicted molar refractivity (Wildman–Crippen MR) is 157 cm³/mol. The van der Waals surface area contributed by atoms with Crippen LogP contribution in [0, 0.1) is 4.77 Å². The number of nitrogens with zero attached hydrogens (tertiary/aromatic N) is 3. The Morgan fingerprint density at radius 3 is 2.49 bits per heavy atom. The molecule has 10 nitrogen and oxygen atoms in total. The maximum absolute atomic E-state index is 13.5. The lowest BCUT2D eigenvalue weighted by molar-refractivity contribution is 0.000705. The van der Waals surface area contributed by atoms with E-state index in [0.29, 0.717) is 24.1 Å². The fourth-order valence-corrected chi connectivity index (χ4v) is 5.25. The lowest BCUT2D eigenvalue weighted by Crippen LogP contribution is -2.53. The van der Waals surface area contributed by atoms with Crippen molar-refractivity contribution in [1.29, 1.82) is 0 Å². The molecular formula is C30H33N5O5S. The van der Waals surface area contributed by atoms with Crippen LogP contribution in [0.25, 0.3) is 11.0 Å². The number of hydrogen-bond donors (Lipinski definition) is 2. The molecule has 0 spiro atoms. The Bertz CT molecular complexity index is 1670. The van der Waals surface area contributed by atoms with Crippen molar-refractivity contribution >= 4 is 35.4 Å². The van der Waals surface area contributed by atoms with Gasteiger partial charge >= 0.3 is 12.2 Å². The van der Waals surface area contributed by atoms with Crippen molar-refractivity contribution in [3.8, 4) is 0 Å². The normalized spacial score (nSPS) is 15.6. The van der Waals surface area contributed by atoms with Crippen molar-refractivity contribution in [3.05, 3.63) is 98.7 Å². The standard InChI is InChI=1S/C30H33N5O5S/c1-30(2,3)40-28(37)33-15-16-34(29(38)39-19-20-9-5-4-6-10-20)24(18-33)22-12-8-7-11-21(22)17-35-23-13-14-31-25(23)26(36)32-27(35)41/h4-14,24,31H,15-19H2,1-3H3,(H,32,36,41). The van der Waals surface area contributed by atoms with Gasteiger partial charge in [0.15, 0.2) is 4.77 Å². The van der Waals surface area contributed by atoms with Gasteiger partial charge in [-0.2, -0.15) is 0 Å². The zero-order valence-corrected chi connectivity index (χ0v) is 24.1. The highest BCUT2D eigenvalue weighted by molar-refractivity contribution is 7.71. The molecular weight excluding hydrogens is 542 g/mol. The van der Waals surface area contributed by atoms with Crippen LogP contribution in [-0.4, -0.2) is 61.8 Å². The van der Waals surface area contributed by atoms with Crippen LogP contribution in [0.2, 0.25) is 0 Å². The van der Waals surface area contributed by atoms with Crippen molar-refractivity contribution in [2.24, 2.45) is 0 Å². The lowest BCUT2D eigenvalue weighted by Gasteiger charge is -2.41. The SMILES string of the molecule is CC(C)(C)OC(=O)N1CCN(C(=O)OCc2ccccc2)C(c2ccccc2Cn2c(=S)[nH]c(=O)c3[nH]ccc32)C1. The Kier molecular flexibility index (Phi) is 7.98. The van der Waals surface area contributed by atoms with Gasteiger partial charge in [0.2, 0.25) is 0 Å². The summed E-state index contributed by atoms with van der Waals surface area (Å²) in [6, 6.07) is 18.5. The average Bonchev–Trinajstić information content (AvgIpc) is 3.44. The second kappa shape index (κ2) is 11.6. The number of amides is 2. The van der Waals surface area contributed by atoms with Gasteiger partial charge in [0, 0.05) is 25.8 Å². The third-order valence-electron chi connectivity index (χ3n) is 6.92. The molecule has 2 N–H and O–H groups in total. The van der Waals surface area contributed by atoms with Crippen molar-refractivity contribution < 1.29 is 19.1 Å². The van der Waals surface area contributed by atoms with E-state index in [1.54, 1.807) is 22.1 Å². The molecule has 11 heteroatoms. The highest BCUT2D eigenvalue weighted by Crippen LogP contribution is 2.31. The monoisotopic (exact) mass is 575 g/mol. The summed E-state index contributed by atoms with van der Waals surface area (Å²) >= 11 is 5.52. The molecule has 1 aliphatic heterocycles. The minimum atomic E-state index is -0.654. The zero-order chi connectivity index (χ0) is 29.1. The van der Waals surface area contributed by atoms with Crippen LogP contribution in [0.5, 0.6) is 0 Å². The molecule has 1 aliphatic rings. The second-order valence-corrected chi connectivity index (χ2v) is 11.3. The maximum atomic E-state index is 13.5. The number of nitrogens with one attached hydrogen (secondary N) is 2. The van der Waals surface area contributed by atoms with E-state index >= 15 is 0 Å². The number of carbonyl (C=O) groups excluding carboxylic acids is 2. The van der Waals surface area contributed by atoms with E-state index in [1.165, 1.54) is 0 Å². The van der Waals surface area contributed by atoms with Crippen LogP contribution < -0.4 is 5.56 Å². The molecule has 0 bridgehead atoms. The van der Waals surface area contributed by atoms with Gasteiger partial charge in [-0.3, -0.25) is 14.7 Å². The van der Waals surface area contributed by atoms with Gasteiger partial charge < -0.3 is 23.9 Å². The van der Waals surface area contributed by atoms with E-state index < -0.39 is 23.8 Å². The van der Waals surface area contributed by atoms with Gasteiger partial charge in [-0.15, -0.1) is 0 Å². The fourth-order valence-electron chi connectivity index (χ4n) is 5.00. The molecule has 5 rings (SSSR count). The summed E-state index contributed by atoms with van der Waals surface area (Å²) in [5, 5.41) is 0. The number of fused-ring (bicyclic) bond motifs is 1. The first-order valence-corrected chi connectivity index (χ1v) is 13.8. The number of carbonyl (C=O) groups is 2. The molecule has 3 heterocycles. The van der Waals surface area contributed by atoms with Crippen LogP contribution in [0.15, 0.2) is 71.7 Å². The molecule has 1 fully saturated rings. The van der Waals surface area contributed by atoms with E-state index in [9.17, 15) is 14.4 Å². The number of piperazine rings is 1. The van der Waals surface area contributed by atoms with Gasteiger partial charge in [-0.25, -0.2) is 9.59 Å². The number of ether oxygens (including phenoxy) is 2. The number of aromatic amines is 2. The van der Waals surface area contributed by atoms with Crippen molar-refractivity contribution in [3.63, 3.8) is 0 Å². The quantitative estimate of drug-likeness (QED) is 0.310. The molecule has 0 radical (unpaired) electrons. The number of benzene rings is 2. The van der Waals surface area contributed by atoms with Gasteiger partial charge in [0.25, 0.3) is 5.56 Å². The number of aromatic nitrogens is 3. The number of hydrogen-bond acceptors (Lipinski definition) is 6. The Balaban J connectivity index is 1.48.